The van der Waals surface area contributed by atoms with Crippen LogP contribution in [0.5, 0.6) is 5.75 Å². The number of ether oxygens (including phenoxy) is 1. The van der Waals surface area contributed by atoms with Crippen LogP contribution in [0.15, 0.2) is 18.2 Å². The Balaban J connectivity index is 2.71. The van der Waals surface area contributed by atoms with E-state index < -0.39 is 15.7 Å². The average molecular weight is 289 g/mol. The summed E-state index contributed by atoms with van der Waals surface area (Å²) < 4.78 is 41.7. The third kappa shape index (κ3) is 5.16. The number of benzene rings is 1. The summed E-state index contributed by atoms with van der Waals surface area (Å²) in [6, 6.07) is 4.67. The van der Waals surface area contributed by atoms with E-state index in [2.05, 4.69) is 5.32 Å². The van der Waals surface area contributed by atoms with Crippen molar-refractivity contribution in [1.82, 2.24) is 5.32 Å². The van der Waals surface area contributed by atoms with Crippen molar-refractivity contribution >= 4 is 9.84 Å². The average Bonchev–Trinajstić information content (AvgIpc) is 2.38. The zero-order valence-electron chi connectivity index (χ0n) is 11.3. The molecule has 0 unspecified atom stereocenters. The molecule has 0 atom stereocenters. The number of sulfone groups is 1. The normalized spacial score (nSPS) is 11.5. The summed E-state index contributed by atoms with van der Waals surface area (Å²) in [5.74, 6) is -0.366. The molecule has 4 nitrogen and oxygen atoms in total. The van der Waals surface area contributed by atoms with E-state index >= 15 is 0 Å². The molecule has 108 valence electrons. The molecule has 6 heteroatoms. The van der Waals surface area contributed by atoms with E-state index in [-0.39, 0.29) is 23.9 Å². The van der Waals surface area contributed by atoms with E-state index in [1.807, 2.05) is 6.92 Å². The van der Waals surface area contributed by atoms with E-state index in [9.17, 15) is 12.8 Å². The predicted molar refractivity (Wildman–Crippen MR) is 73.6 cm³/mol. The Morgan fingerprint density at radius 3 is 2.68 bits per heavy atom. The molecule has 0 fully saturated rings. The highest BCUT2D eigenvalue weighted by atomic mass is 32.2. The van der Waals surface area contributed by atoms with Crippen LogP contribution in [0.2, 0.25) is 0 Å². The van der Waals surface area contributed by atoms with Gasteiger partial charge in [0.05, 0.1) is 5.75 Å². The molecule has 0 spiro atoms. The van der Waals surface area contributed by atoms with Crippen molar-refractivity contribution in [1.29, 1.82) is 0 Å². The Morgan fingerprint density at radius 1 is 1.32 bits per heavy atom. The molecule has 1 aromatic carbocycles. The molecule has 0 heterocycles. The van der Waals surface area contributed by atoms with Gasteiger partial charge in [-0.05, 0) is 12.6 Å². The van der Waals surface area contributed by atoms with Gasteiger partial charge >= 0.3 is 0 Å². The van der Waals surface area contributed by atoms with Crippen molar-refractivity contribution in [3.05, 3.63) is 29.6 Å². The smallest absolute Gasteiger partial charge is 0.165 e. The minimum atomic E-state index is -3.10. The number of halogens is 1. The Morgan fingerprint density at radius 2 is 2.05 bits per heavy atom. The monoisotopic (exact) mass is 289 g/mol. The van der Waals surface area contributed by atoms with E-state index in [0.717, 1.165) is 6.54 Å². The number of rotatable bonds is 8. The Bertz CT molecular complexity index is 503. The summed E-state index contributed by atoms with van der Waals surface area (Å²) in [6.07, 6.45) is 0. The van der Waals surface area contributed by atoms with Crippen LogP contribution in [0, 0.1) is 5.82 Å². The summed E-state index contributed by atoms with van der Waals surface area (Å²) in [7, 11) is -3.10. The van der Waals surface area contributed by atoms with Crippen LogP contribution in [0.3, 0.4) is 0 Å². The molecule has 1 rings (SSSR count). The third-order valence-corrected chi connectivity index (χ3v) is 4.36. The SMILES string of the molecule is CCNCc1cccc(F)c1OCCS(=O)(=O)CC. The van der Waals surface area contributed by atoms with Crippen LogP contribution in [-0.4, -0.2) is 33.1 Å². The lowest BCUT2D eigenvalue weighted by molar-refractivity contribution is 0.317. The van der Waals surface area contributed by atoms with Gasteiger partial charge in [0, 0.05) is 17.9 Å². The molecule has 0 radical (unpaired) electrons. The Labute approximate surface area is 113 Å². The Hall–Kier alpha value is -1.14. The minimum absolute atomic E-state index is 0.0315. The highest BCUT2D eigenvalue weighted by Crippen LogP contribution is 2.22. The first-order chi connectivity index (χ1) is 9.00. The Kier molecular flexibility index (Phi) is 6.24. The van der Waals surface area contributed by atoms with Crippen molar-refractivity contribution in [2.24, 2.45) is 0 Å². The standard InChI is InChI=1S/C13H20FNO3S/c1-3-15-10-11-6-5-7-12(14)13(11)18-8-9-19(16,17)4-2/h5-7,15H,3-4,8-10H2,1-2H3. The quantitative estimate of drug-likeness (QED) is 0.792. The minimum Gasteiger partial charge on any atom is -0.489 e. The second-order valence-corrected chi connectivity index (χ2v) is 6.57. The predicted octanol–water partition coefficient (Wildman–Crippen LogP) is 1.75. The van der Waals surface area contributed by atoms with Crippen LogP contribution in [0.4, 0.5) is 4.39 Å². The number of hydrogen-bond donors (Lipinski definition) is 1. The second kappa shape index (κ2) is 7.45. The number of hydrogen-bond acceptors (Lipinski definition) is 4. The van der Waals surface area contributed by atoms with Crippen molar-refractivity contribution < 1.29 is 17.5 Å². The van der Waals surface area contributed by atoms with Crippen molar-refractivity contribution in [3.63, 3.8) is 0 Å². The van der Waals surface area contributed by atoms with Gasteiger partial charge in [-0.15, -0.1) is 0 Å². The van der Waals surface area contributed by atoms with Crippen LogP contribution < -0.4 is 10.1 Å². The first-order valence-electron chi connectivity index (χ1n) is 6.31. The zero-order valence-corrected chi connectivity index (χ0v) is 12.1. The van der Waals surface area contributed by atoms with Crippen LogP contribution in [-0.2, 0) is 16.4 Å². The highest BCUT2D eigenvalue weighted by Gasteiger charge is 2.12. The van der Waals surface area contributed by atoms with Gasteiger partial charge in [-0.1, -0.05) is 26.0 Å². The van der Waals surface area contributed by atoms with Gasteiger partial charge in [0.1, 0.15) is 6.61 Å². The van der Waals surface area contributed by atoms with E-state index in [4.69, 9.17) is 4.74 Å². The molecule has 1 N–H and O–H groups in total. The lowest BCUT2D eigenvalue weighted by Gasteiger charge is -2.12. The first kappa shape index (κ1) is 15.9. The number of para-hydroxylation sites is 1. The zero-order chi connectivity index (χ0) is 14.3. The van der Waals surface area contributed by atoms with Crippen molar-refractivity contribution in [3.8, 4) is 5.75 Å². The molecule has 0 aliphatic heterocycles. The lowest BCUT2D eigenvalue weighted by atomic mass is 10.2. The number of nitrogens with one attached hydrogen (secondary N) is 1. The van der Waals surface area contributed by atoms with E-state index in [1.165, 1.54) is 6.07 Å². The van der Waals surface area contributed by atoms with Crippen LogP contribution in [0.25, 0.3) is 0 Å². The molecule has 0 bridgehead atoms. The maximum absolute atomic E-state index is 13.7. The molecule has 0 saturated carbocycles. The van der Waals surface area contributed by atoms with Gasteiger partial charge < -0.3 is 10.1 Å². The molecule has 0 aliphatic carbocycles. The van der Waals surface area contributed by atoms with Gasteiger partial charge in [0.25, 0.3) is 0 Å². The molecular weight excluding hydrogens is 269 g/mol. The van der Waals surface area contributed by atoms with E-state index in [1.54, 1.807) is 19.1 Å². The molecular formula is C13H20FNO3S. The maximum atomic E-state index is 13.7. The first-order valence-corrected chi connectivity index (χ1v) is 8.13. The summed E-state index contributed by atoms with van der Waals surface area (Å²) in [6.45, 7) is 4.75. The largest absolute Gasteiger partial charge is 0.489 e. The fourth-order valence-electron chi connectivity index (χ4n) is 1.53. The molecule has 1 aromatic rings. The fraction of sp³-hybridized carbons (Fsp3) is 0.538. The summed E-state index contributed by atoms with van der Waals surface area (Å²) in [4.78, 5) is 0. The molecule has 0 aromatic heterocycles. The lowest BCUT2D eigenvalue weighted by Crippen LogP contribution is -2.18. The van der Waals surface area contributed by atoms with Gasteiger partial charge in [0.15, 0.2) is 21.4 Å². The van der Waals surface area contributed by atoms with Gasteiger partial charge in [-0.3, -0.25) is 0 Å². The summed E-state index contributed by atoms with van der Waals surface area (Å²) in [5, 5.41) is 3.09. The van der Waals surface area contributed by atoms with Crippen LogP contribution in [0.1, 0.15) is 19.4 Å². The fourth-order valence-corrected chi connectivity index (χ4v) is 2.15. The molecule has 0 aliphatic rings. The third-order valence-electron chi connectivity index (χ3n) is 2.69. The van der Waals surface area contributed by atoms with E-state index in [0.29, 0.717) is 12.1 Å². The summed E-state index contributed by atoms with van der Waals surface area (Å²) >= 11 is 0. The van der Waals surface area contributed by atoms with Gasteiger partial charge in [-0.2, -0.15) is 0 Å². The van der Waals surface area contributed by atoms with Crippen molar-refractivity contribution in [2.75, 3.05) is 24.7 Å². The summed E-state index contributed by atoms with van der Waals surface area (Å²) in [5.41, 5.74) is 0.691. The van der Waals surface area contributed by atoms with Crippen molar-refractivity contribution in [2.45, 2.75) is 20.4 Å². The molecule has 0 saturated heterocycles. The molecule has 19 heavy (non-hydrogen) atoms. The van der Waals surface area contributed by atoms with Gasteiger partial charge in [0.2, 0.25) is 0 Å². The highest BCUT2D eigenvalue weighted by molar-refractivity contribution is 7.91. The van der Waals surface area contributed by atoms with Gasteiger partial charge in [-0.25, -0.2) is 12.8 Å². The molecule has 0 amide bonds. The topological polar surface area (TPSA) is 55.4 Å². The van der Waals surface area contributed by atoms with Crippen LogP contribution >= 0.6 is 0 Å². The maximum Gasteiger partial charge on any atom is 0.165 e. The second-order valence-electron chi connectivity index (χ2n) is 4.09.